The van der Waals surface area contributed by atoms with Gasteiger partial charge in [0.2, 0.25) is 5.91 Å². The number of amides is 1. The molecule has 2 fully saturated rings. The van der Waals surface area contributed by atoms with Crippen LogP contribution < -0.4 is 5.32 Å². The van der Waals surface area contributed by atoms with Crippen molar-refractivity contribution >= 4 is 5.91 Å². The van der Waals surface area contributed by atoms with Gasteiger partial charge in [0.1, 0.15) is 0 Å². The molecule has 0 spiro atoms. The molecule has 1 aliphatic heterocycles. The molecule has 4 heteroatoms. The Morgan fingerprint density at radius 3 is 2.53 bits per heavy atom. The van der Waals surface area contributed by atoms with E-state index in [4.69, 9.17) is 0 Å². The minimum Gasteiger partial charge on any atom is -0.342 e. The number of carbonyl (C=O) groups is 1. The summed E-state index contributed by atoms with van der Waals surface area (Å²) in [6, 6.07) is 4.62. The summed E-state index contributed by atoms with van der Waals surface area (Å²) in [6.45, 7) is 2.73. The average Bonchev–Trinajstić information content (AvgIpc) is 3.31. The van der Waals surface area contributed by atoms with Crippen LogP contribution in [0.3, 0.4) is 0 Å². The van der Waals surface area contributed by atoms with E-state index in [9.17, 15) is 4.79 Å². The summed E-state index contributed by atoms with van der Waals surface area (Å²) in [5.74, 6) is 0.758. The van der Waals surface area contributed by atoms with E-state index >= 15 is 0 Å². The molecule has 1 aromatic heterocycles. The van der Waals surface area contributed by atoms with Crippen molar-refractivity contribution in [3.05, 3.63) is 30.1 Å². The summed E-state index contributed by atoms with van der Waals surface area (Å²) in [5.41, 5.74) is 1.27. The van der Waals surface area contributed by atoms with E-state index in [1.165, 1.54) is 5.56 Å². The van der Waals surface area contributed by atoms with E-state index in [0.29, 0.717) is 17.9 Å². The van der Waals surface area contributed by atoms with Gasteiger partial charge in [0.25, 0.3) is 0 Å². The minimum absolute atomic E-state index is 0.362. The topological polar surface area (TPSA) is 45.2 Å². The first-order valence-electron chi connectivity index (χ1n) is 7.24. The van der Waals surface area contributed by atoms with Gasteiger partial charge < -0.3 is 10.2 Å². The molecule has 0 atom stereocenters. The number of nitrogens with one attached hydrogen (secondary N) is 1. The van der Waals surface area contributed by atoms with Crippen LogP contribution in [-0.4, -0.2) is 34.9 Å². The van der Waals surface area contributed by atoms with Gasteiger partial charge in [-0.1, -0.05) is 0 Å². The largest absolute Gasteiger partial charge is 0.342 e. The van der Waals surface area contributed by atoms with Gasteiger partial charge in [-0.2, -0.15) is 0 Å². The Morgan fingerprint density at radius 1 is 1.21 bits per heavy atom. The summed E-state index contributed by atoms with van der Waals surface area (Å²) >= 11 is 0. The fourth-order valence-electron chi connectivity index (χ4n) is 2.66. The van der Waals surface area contributed by atoms with E-state index in [1.54, 1.807) is 0 Å². The van der Waals surface area contributed by atoms with Crippen LogP contribution in [0.2, 0.25) is 0 Å². The van der Waals surface area contributed by atoms with Gasteiger partial charge in [0.15, 0.2) is 0 Å². The van der Waals surface area contributed by atoms with Crippen LogP contribution in [0, 0.1) is 5.92 Å². The second-order valence-electron chi connectivity index (χ2n) is 5.61. The molecule has 0 aromatic carbocycles. The molecule has 19 heavy (non-hydrogen) atoms. The summed E-state index contributed by atoms with van der Waals surface area (Å²) in [7, 11) is 0. The monoisotopic (exact) mass is 259 g/mol. The Morgan fingerprint density at radius 2 is 1.89 bits per heavy atom. The normalized spacial score (nSPS) is 20.5. The lowest BCUT2D eigenvalue weighted by Gasteiger charge is -2.32. The number of pyridine rings is 1. The smallest absolute Gasteiger partial charge is 0.225 e. The molecule has 1 saturated heterocycles. The maximum Gasteiger partial charge on any atom is 0.225 e. The molecule has 1 aliphatic carbocycles. The summed E-state index contributed by atoms with van der Waals surface area (Å²) in [6.07, 6.45) is 8.02. The van der Waals surface area contributed by atoms with Gasteiger partial charge >= 0.3 is 0 Å². The second kappa shape index (κ2) is 5.70. The zero-order valence-electron chi connectivity index (χ0n) is 11.2. The van der Waals surface area contributed by atoms with Gasteiger partial charge in [-0.25, -0.2) is 0 Å². The van der Waals surface area contributed by atoms with Crippen LogP contribution >= 0.6 is 0 Å². The number of hydrogen-bond donors (Lipinski definition) is 1. The Hall–Kier alpha value is -1.42. The van der Waals surface area contributed by atoms with Gasteiger partial charge in [0, 0.05) is 44.0 Å². The molecular formula is C15H21N3O. The predicted octanol–water partition coefficient (Wildman–Crippen LogP) is 1.57. The van der Waals surface area contributed by atoms with Crippen LogP contribution in [-0.2, 0) is 11.3 Å². The van der Waals surface area contributed by atoms with Gasteiger partial charge in [-0.3, -0.25) is 9.78 Å². The molecule has 102 valence electrons. The Kier molecular flexibility index (Phi) is 3.78. The highest BCUT2D eigenvalue weighted by Gasteiger charge is 2.34. The van der Waals surface area contributed by atoms with Gasteiger partial charge in [-0.05, 0) is 43.4 Å². The molecule has 1 aromatic rings. The predicted molar refractivity (Wildman–Crippen MR) is 73.4 cm³/mol. The summed E-state index contributed by atoms with van der Waals surface area (Å²) in [4.78, 5) is 18.0. The molecule has 1 N–H and O–H groups in total. The van der Waals surface area contributed by atoms with Crippen molar-refractivity contribution in [2.24, 2.45) is 5.92 Å². The average molecular weight is 259 g/mol. The first-order valence-corrected chi connectivity index (χ1v) is 7.24. The molecular weight excluding hydrogens is 238 g/mol. The van der Waals surface area contributed by atoms with Crippen molar-refractivity contribution < 1.29 is 4.79 Å². The lowest BCUT2D eigenvalue weighted by atomic mass is 10.0. The van der Waals surface area contributed by atoms with Gasteiger partial charge in [-0.15, -0.1) is 0 Å². The van der Waals surface area contributed by atoms with E-state index in [-0.39, 0.29) is 0 Å². The number of nitrogens with zero attached hydrogens (tertiary/aromatic N) is 2. The van der Waals surface area contributed by atoms with Crippen molar-refractivity contribution in [1.29, 1.82) is 0 Å². The third-order valence-electron chi connectivity index (χ3n) is 4.08. The first kappa shape index (κ1) is 12.6. The third kappa shape index (κ3) is 3.32. The van der Waals surface area contributed by atoms with Crippen LogP contribution in [0.15, 0.2) is 24.5 Å². The van der Waals surface area contributed by atoms with Crippen molar-refractivity contribution in [3.63, 3.8) is 0 Å². The highest BCUT2D eigenvalue weighted by Crippen LogP contribution is 2.31. The van der Waals surface area contributed by atoms with Gasteiger partial charge in [0.05, 0.1) is 0 Å². The van der Waals surface area contributed by atoms with Crippen molar-refractivity contribution in [2.45, 2.75) is 38.3 Å². The molecule has 2 heterocycles. The first-order chi connectivity index (χ1) is 9.33. The molecule has 1 amide bonds. The molecule has 0 unspecified atom stereocenters. The maximum atomic E-state index is 11.9. The molecule has 2 aliphatic rings. The zero-order chi connectivity index (χ0) is 13.1. The number of hydrogen-bond acceptors (Lipinski definition) is 3. The van der Waals surface area contributed by atoms with Crippen LogP contribution in [0.4, 0.5) is 0 Å². The molecule has 0 bridgehead atoms. The summed E-state index contributed by atoms with van der Waals surface area (Å²) < 4.78 is 0. The van der Waals surface area contributed by atoms with E-state index in [0.717, 1.165) is 45.3 Å². The van der Waals surface area contributed by atoms with Crippen LogP contribution in [0.25, 0.3) is 0 Å². The highest BCUT2D eigenvalue weighted by molar-refractivity contribution is 5.81. The number of piperidine rings is 1. The second-order valence-corrected chi connectivity index (χ2v) is 5.61. The van der Waals surface area contributed by atoms with Crippen LogP contribution in [0.1, 0.15) is 31.2 Å². The lowest BCUT2D eigenvalue weighted by molar-refractivity contribution is -0.133. The number of rotatable bonds is 4. The number of likely N-dealkylation sites (tertiary alicyclic amines) is 1. The molecule has 1 saturated carbocycles. The molecule has 3 rings (SSSR count). The molecule has 4 nitrogen and oxygen atoms in total. The van der Waals surface area contributed by atoms with Crippen molar-refractivity contribution in [2.75, 3.05) is 13.1 Å². The summed E-state index contributed by atoms with van der Waals surface area (Å²) in [5, 5.41) is 3.58. The van der Waals surface area contributed by atoms with Crippen LogP contribution in [0.5, 0.6) is 0 Å². The van der Waals surface area contributed by atoms with E-state index in [1.807, 2.05) is 24.5 Å². The number of aromatic nitrogens is 1. The highest BCUT2D eigenvalue weighted by atomic mass is 16.2. The standard InChI is InChI=1S/C15H21N3O/c19-15(13-1-2-13)18-9-5-14(6-10-18)17-11-12-3-7-16-8-4-12/h3-4,7-8,13-14,17H,1-2,5-6,9-11H2. The lowest BCUT2D eigenvalue weighted by Crippen LogP contribution is -2.45. The number of carbonyl (C=O) groups excluding carboxylic acids is 1. The fourth-order valence-corrected chi connectivity index (χ4v) is 2.66. The Labute approximate surface area is 114 Å². The fraction of sp³-hybridized carbons (Fsp3) is 0.600. The molecule has 0 radical (unpaired) electrons. The van der Waals surface area contributed by atoms with E-state index < -0.39 is 0 Å². The SMILES string of the molecule is O=C(C1CC1)N1CCC(NCc2ccncc2)CC1. The third-order valence-corrected chi connectivity index (χ3v) is 4.08. The van der Waals surface area contributed by atoms with Crippen molar-refractivity contribution in [1.82, 2.24) is 15.2 Å². The quantitative estimate of drug-likeness (QED) is 0.892. The zero-order valence-corrected chi connectivity index (χ0v) is 11.2. The van der Waals surface area contributed by atoms with E-state index in [2.05, 4.69) is 15.2 Å². The van der Waals surface area contributed by atoms with Crippen molar-refractivity contribution in [3.8, 4) is 0 Å². The maximum absolute atomic E-state index is 11.9. The Bertz CT molecular complexity index is 422. The Balaban J connectivity index is 1.41. The minimum atomic E-state index is 0.362.